The summed E-state index contributed by atoms with van der Waals surface area (Å²) in [6.45, 7) is 1.41. The summed E-state index contributed by atoms with van der Waals surface area (Å²) >= 11 is 0. The number of nitrogens with one attached hydrogen (secondary N) is 2. The first-order valence-electron chi connectivity index (χ1n) is 17.9. The second-order valence-electron chi connectivity index (χ2n) is 14.7. The van der Waals surface area contributed by atoms with Gasteiger partial charge >= 0.3 is 0 Å². The molecular formula is C38H46FN3O6. The van der Waals surface area contributed by atoms with Gasteiger partial charge in [-0.3, -0.25) is 9.78 Å². The lowest BCUT2D eigenvalue weighted by Crippen LogP contribution is -2.64. The molecule has 5 aliphatic carbocycles. The van der Waals surface area contributed by atoms with Gasteiger partial charge in [0.1, 0.15) is 11.6 Å². The van der Waals surface area contributed by atoms with Crippen molar-refractivity contribution in [2.75, 3.05) is 25.5 Å². The third kappa shape index (κ3) is 5.95. The number of pyridine rings is 1. The fourth-order valence-corrected chi connectivity index (χ4v) is 9.35. The highest BCUT2D eigenvalue weighted by Crippen LogP contribution is 2.62. The minimum Gasteiger partial charge on any atom is -0.496 e. The maximum Gasteiger partial charge on any atom is 0.239 e. The largest absolute Gasteiger partial charge is 0.496 e. The van der Waals surface area contributed by atoms with E-state index in [1.54, 1.807) is 25.4 Å². The van der Waals surface area contributed by atoms with Crippen LogP contribution in [0.15, 0.2) is 48.7 Å². The van der Waals surface area contributed by atoms with Crippen LogP contribution in [0.2, 0.25) is 0 Å². The van der Waals surface area contributed by atoms with Crippen molar-refractivity contribution >= 4 is 22.5 Å². The minimum absolute atomic E-state index is 0.0600. The maximum absolute atomic E-state index is 13.6. The van der Waals surface area contributed by atoms with E-state index in [-0.39, 0.29) is 17.6 Å². The van der Waals surface area contributed by atoms with Crippen molar-refractivity contribution in [3.63, 3.8) is 0 Å². The van der Waals surface area contributed by atoms with Crippen LogP contribution in [0, 0.1) is 35.4 Å². The van der Waals surface area contributed by atoms with Gasteiger partial charge in [0, 0.05) is 66.9 Å². The molecule has 1 aliphatic heterocycles. The number of methoxy groups -OCH3 is 1. The van der Waals surface area contributed by atoms with Crippen molar-refractivity contribution in [3.05, 3.63) is 54.5 Å². The smallest absolute Gasteiger partial charge is 0.239 e. The molecule has 1 amide bonds. The summed E-state index contributed by atoms with van der Waals surface area (Å²) < 4.78 is 19.4. The van der Waals surface area contributed by atoms with E-state index in [9.17, 15) is 9.18 Å². The zero-order valence-electron chi connectivity index (χ0n) is 27.7. The molecule has 5 saturated carbocycles. The summed E-state index contributed by atoms with van der Waals surface area (Å²) in [4.78, 5) is 42.0. The van der Waals surface area contributed by atoms with Crippen LogP contribution in [-0.4, -0.2) is 42.7 Å². The number of carbonyl (C=O) groups excluding carboxylic acids is 1. The van der Waals surface area contributed by atoms with Gasteiger partial charge in [-0.15, -0.1) is 0 Å². The summed E-state index contributed by atoms with van der Waals surface area (Å²) in [6.07, 6.45) is 13.0. The van der Waals surface area contributed by atoms with E-state index in [1.165, 1.54) is 18.6 Å². The van der Waals surface area contributed by atoms with Gasteiger partial charge < -0.3 is 15.4 Å². The fourth-order valence-electron chi connectivity index (χ4n) is 9.35. The second-order valence-corrected chi connectivity index (χ2v) is 14.7. The quantitative estimate of drug-likeness (QED) is 0.169. The van der Waals surface area contributed by atoms with E-state index in [0.717, 1.165) is 91.0 Å². The Morgan fingerprint density at radius 3 is 2.29 bits per heavy atom. The van der Waals surface area contributed by atoms with Crippen LogP contribution >= 0.6 is 0 Å². The molecular weight excluding hydrogens is 613 g/mol. The Morgan fingerprint density at radius 1 is 0.917 bits per heavy atom. The van der Waals surface area contributed by atoms with E-state index in [2.05, 4.69) is 15.6 Å². The monoisotopic (exact) mass is 659 g/mol. The normalized spacial score (nSPS) is 32.2. The van der Waals surface area contributed by atoms with Crippen LogP contribution < -0.4 is 15.4 Å². The molecule has 0 atom stereocenters. The zero-order valence-corrected chi connectivity index (χ0v) is 27.7. The number of ether oxygens (including phenoxy) is 1. The number of benzene rings is 2. The van der Waals surface area contributed by atoms with Gasteiger partial charge in [-0.25, -0.2) is 4.39 Å². The molecule has 9 nitrogen and oxygen atoms in total. The number of halogens is 1. The van der Waals surface area contributed by atoms with Crippen LogP contribution in [0.3, 0.4) is 0 Å². The molecule has 48 heavy (non-hydrogen) atoms. The molecule has 6 fully saturated rings. The van der Waals surface area contributed by atoms with Gasteiger partial charge in [-0.1, -0.05) is 18.2 Å². The Labute approximate surface area is 281 Å². The van der Waals surface area contributed by atoms with E-state index in [0.29, 0.717) is 49.8 Å². The van der Waals surface area contributed by atoms with Gasteiger partial charge in [0.05, 0.1) is 18.3 Å². The van der Waals surface area contributed by atoms with Crippen LogP contribution in [-0.2, 0) is 24.3 Å². The molecule has 6 aliphatic rings. The predicted molar refractivity (Wildman–Crippen MR) is 178 cm³/mol. The first-order chi connectivity index (χ1) is 23.5. The van der Waals surface area contributed by atoms with Gasteiger partial charge in [0.25, 0.3) is 0 Å². The van der Waals surface area contributed by atoms with Crippen molar-refractivity contribution in [2.45, 2.75) is 88.6 Å². The molecule has 1 saturated heterocycles. The number of fused-ring (bicyclic) bond motifs is 1. The van der Waals surface area contributed by atoms with Crippen molar-refractivity contribution in [2.24, 2.45) is 29.6 Å². The highest BCUT2D eigenvalue weighted by atomic mass is 19.1. The lowest BCUT2D eigenvalue weighted by molar-refractivity contribution is -0.680. The van der Waals surface area contributed by atoms with E-state index < -0.39 is 11.6 Å². The minimum atomic E-state index is -0.907. The summed E-state index contributed by atoms with van der Waals surface area (Å²) in [5.41, 5.74) is 3.50. The molecule has 2 N–H and O–H groups in total. The number of unbranched alkanes of at least 4 members (excludes halogenated alkanes) is 2. The lowest BCUT2D eigenvalue weighted by Gasteiger charge is -2.60. The first-order valence-corrected chi connectivity index (χ1v) is 17.9. The Morgan fingerprint density at radius 2 is 1.60 bits per heavy atom. The van der Waals surface area contributed by atoms with Crippen molar-refractivity contribution in [1.82, 2.24) is 10.3 Å². The lowest BCUT2D eigenvalue weighted by atomic mass is 9.53. The third-order valence-electron chi connectivity index (χ3n) is 11.7. The number of aromatic nitrogens is 1. The summed E-state index contributed by atoms with van der Waals surface area (Å²) in [7, 11) is 1.64. The SMILES string of the molecule is COc1cc(NCCCCCNC(=O)C2CCC3(CC2)OOC2(OO3)C3CC4CC(C3)CC2C4)c2ncccc2c1-c1ccc(F)cc1. The van der Waals surface area contributed by atoms with Gasteiger partial charge in [-0.05, 0) is 99.8 Å². The second kappa shape index (κ2) is 13.2. The molecule has 0 radical (unpaired) electrons. The third-order valence-corrected chi connectivity index (χ3v) is 11.7. The predicted octanol–water partition coefficient (Wildman–Crippen LogP) is 7.70. The Hall–Kier alpha value is -3.31. The summed E-state index contributed by atoms with van der Waals surface area (Å²) in [5.74, 6) is 1.12. The Bertz CT molecular complexity index is 1580. The van der Waals surface area contributed by atoms with Gasteiger partial charge in [0.2, 0.25) is 17.5 Å². The molecule has 2 heterocycles. The van der Waals surface area contributed by atoms with Crippen LogP contribution in [0.1, 0.15) is 77.0 Å². The topological polar surface area (TPSA) is 100 Å². The molecule has 9 rings (SSSR count). The first kappa shape index (κ1) is 31.9. The molecule has 256 valence electrons. The van der Waals surface area contributed by atoms with Crippen LogP contribution in [0.4, 0.5) is 10.1 Å². The molecule has 2 spiro atoms. The number of anilines is 1. The summed E-state index contributed by atoms with van der Waals surface area (Å²) in [6, 6.07) is 12.3. The molecule has 4 bridgehead atoms. The number of carbonyl (C=O) groups is 1. The van der Waals surface area contributed by atoms with E-state index >= 15 is 0 Å². The molecule has 10 heteroatoms. The molecule has 1 aromatic heterocycles. The molecule has 2 aromatic carbocycles. The van der Waals surface area contributed by atoms with Gasteiger partial charge in [-0.2, -0.15) is 19.6 Å². The number of hydrogen-bond donors (Lipinski definition) is 2. The molecule has 0 unspecified atom stereocenters. The van der Waals surface area contributed by atoms with E-state index in [1.807, 2.05) is 18.2 Å². The Kier molecular flexibility index (Phi) is 8.77. The standard InChI is InChI=1S/C38H46FN3O6/c1-44-33-23-32(35-31(6-5-17-41-35)34(33)26-7-9-30(39)10-8-26)40-15-3-2-4-16-42-36(43)27-11-13-37(14-12-27)45-47-38(48-46-37)28-19-24-18-25(21-28)22-29(38)20-24/h5-10,17,23-25,27-29,40H,2-4,11-16,18-22H2,1H3,(H,42,43). The highest BCUT2D eigenvalue weighted by Gasteiger charge is 2.64. The fraction of sp³-hybridized carbons (Fsp3) is 0.579. The Balaban J connectivity index is 0.768. The van der Waals surface area contributed by atoms with Crippen LogP contribution in [0.5, 0.6) is 5.75 Å². The number of rotatable bonds is 10. The van der Waals surface area contributed by atoms with E-state index in [4.69, 9.17) is 24.3 Å². The van der Waals surface area contributed by atoms with Crippen LogP contribution in [0.25, 0.3) is 22.0 Å². The maximum atomic E-state index is 13.6. The summed E-state index contributed by atoms with van der Waals surface area (Å²) in [5, 5.41) is 7.62. The molecule has 3 aromatic rings. The zero-order chi connectivity index (χ0) is 32.7. The highest BCUT2D eigenvalue weighted by molar-refractivity contribution is 6.04. The number of nitrogens with zero attached hydrogens (tertiary/aromatic N) is 1. The number of amides is 1. The van der Waals surface area contributed by atoms with Crippen molar-refractivity contribution < 1.29 is 33.5 Å². The average molecular weight is 660 g/mol. The van der Waals surface area contributed by atoms with Crippen molar-refractivity contribution in [1.29, 1.82) is 0 Å². The number of hydrogen-bond acceptors (Lipinski definition) is 8. The average Bonchev–Trinajstić information content (AvgIpc) is 3.11. The van der Waals surface area contributed by atoms with Gasteiger partial charge in [0.15, 0.2) is 0 Å². The van der Waals surface area contributed by atoms with Crippen molar-refractivity contribution in [3.8, 4) is 16.9 Å².